The number of nitrogens with zero attached hydrogens (tertiary/aromatic N) is 3. The van der Waals surface area contributed by atoms with Crippen molar-refractivity contribution in [2.75, 3.05) is 31.1 Å². The van der Waals surface area contributed by atoms with Crippen LogP contribution in [0.5, 0.6) is 5.75 Å². The Hall–Kier alpha value is -2.40. The zero-order valence-electron chi connectivity index (χ0n) is 14.2. The van der Waals surface area contributed by atoms with Gasteiger partial charge in [-0.3, -0.25) is 9.69 Å². The first-order valence-corrected chi connectivity index (χ1v) is 8.41. The normalized spacial score (nSPS) is 15.1. The lowest BCUT2D eigenvalue weighted by atomic mass is 10.0. The minimum atomic E-state index is -0.0869. The molecule has 5 heteroatoms. The van der Waals surface area contributed by atoms with E-state index in [1.165, 1.54) is 0 Å². The molecule has 2 heterocycles. The maximum Gasteiger partial charge on any atom is 0.266 e. The Balaban J connectivity index is 2.03. The lowest BCUT2D eigenvalue weighted by Crippen LogP contribution is -2.46. The molecule has 0 saturated heterocycles. The molecule has 126 valence electrons. The topological polar surface area (TPSA) is 45.7 Å². The van der Waals surface area contributed by atoms with Gasteiger partial charge in [0.05, 0.1) is 6.04 Å². The number of rotatable bonds is 6. The van der Waals surface area contributed by atoms with E-state index in [9.17, 15) is 4.79 Å². The molecule has 0 aliphatic carbocycles. The van der Waals surface area contributed by atoms with E-state index in [-0.39, 0.29) is 18.6 Å². The number of ether oxygens (including phenoxy) is 1. The van der Waals surface area contributed by atoms with E-state index in [0.717, 1.165) is 25.2 Å². The molecule has 5 nitrogen and oxygen atoms in total. The molecular weight excluding hydrogens is 302 g/mol. The van der Waals surface area contributed by atoms with Crippen LogP contribution < -0.4 is 9.64 Å². The summed E-state index contributed by atoms with van der Waals surface area (Å²) in [5, 5.41) is 0. The van der Waals surface area contributed by atoms with E-state index >= 15 is 0 Å². The Labute approximate surface area is 142 Å². The Kier molecular flexibility index (Phi) is 5.11. The number of likely N-dealkylation sites (N-methyl/N-ethyl adjacent to an activating group) is 1. The summed E-state index contributed by atoms with van der Waals surface area (Å²) in [6.07, 6.45) is 1.70. The summed E-state index contributed by atoms with van der Waals surface area (Å²) in [6, 6.07) is 13.8. The van der Waals surface area contributed by atoms with Crippen molar-refractivity contribution < 1.29 is 9.53 Å². The number of carbonyl (C=O) groups is 1. The van der Waals surface area contributed by atoms with E-state index < -0.39 is 0 Å². The van der Waals surface area contributed by atoms with Crippen LogP contribution in [0.3, 0.4) is 0 Å². The minimum absolute atomic E-state index is 0.0535. The third kappa shape index (κ3) is 3.26. The van der Waals surface area contributed by atoms with Gasteiger partial charge in [0.25, 0.3) is 5.91 Å². The third-order valence-electron chi connectivity index (χ3n) is 4.42. The van der Waals surface area contributed by atoms with Crippen LogP contribution in [0.1, 0.15) is 25.5 Å². The van der Waals surface area contributed by atoms with Gasteiger partial charge in [-0.05, 0) is 30.8 Å². The molecule has 1 aromatic carbocycles. The number of carbonyl (C=O) groups excluding carboxylic acids is 1. The van der Waals surface area contributed by atoms with Gasteiger partial charge in [-0.1, -0.05) is 44.2 Å². The zero-order valence-corrected chi connectivity index (χ0v) is 14.2. The Morgan fingerprint density at radius 3 is 2.62 bits per heavy atom. The molecule has 0 N–H and O–H groups in total. The number of fused-ring (bicyclic) bond motifs is 1. The lowest BCUT2D eigenvalue weighted by Gasteiger charge is -2.37. The molecule has 0 fully saturated rings. The zero-order chi connectivity index (χ0) is 16.9. The summed E-state index contributed by atoms with van der Waals surface area (Å²) in [4.78, 5) is 21.2. The molecule has 1 atom stereocenters. The van der Waals surface area contributed by atoms with Crippen molar-refractivity contribution in [2.45, 2.75) is 19.9 Å². The summed E-state index contributed by atoms with van der Waals surface area (Å²) in [7, 11) is 0. The van der Waals surface area contributed by atoms with E-state index in [1.807, 2.05) is 30.3 Å². The molecular formula is C19H23N3O2. The van der Waals surface area contributed by atoms with Gasteiger partial charge < -0.3 is 9.64 Å². The largest absolute Gasteiger partial charge is 0.480 e. The maximum absolute atomic E-state index is 12.7. The van der Waals surface area contributed by atoms with Crippen molar-refractivity contribution in [2.24, 2.45) is 0 Å². The van der Waals surface area contributed by atoms with Crippen molar-refractivity contribution in [3.8, 4) is 5.75 Å². The fourth-order valence-electron chi connectivity index (χ4n) is 3.06. The molecule has 24 heavy (non-hydrogen) atoms. The summed E-state index contributed by atoms with van der Waals surface area (Å²) in [5.74, 6) is 1.22. The molecule has 0 radical (unpaired) electrons. The molecule has 3 rings (SSSR count). The van der Waals surface area contributed by atoms with Gasteiger partial charge in [0.1, 0.15) is 0 Å². The fraction of sp³-hybridized carbons (Fsp3) is 0.368. The Morgan fingerprint density at radius 2 is 1.92 bits per heavy atom. The molecule has 0 bridgehead atoms. The van der Waals surface area contributed by atoms with E-state index in [2.05, 4.69) is 35.9 Å². The smallest absolute Gasteiger partial charge is 0.266 e. The summed E-state index contributed by atoms with van der Waals surface area (Å²) in [6.45, 7) is 6.97. The van der Waals surface area contributed by atoms with Gasteiger partial charge in [-0.25, -0.2) is 4.98 Å². The van der Waals surface area contributed by atoms with Gasteiger partial charge in [0.2, 0.25) is 0 Å². The first kappa shape index (κ1) is 16.5. The van der Waals surface area contributed by atoms with Gasteiger partial charge >= 0.3 is 0 Å². The minimum Gasteiger partial charge on any atom is -0.480 e. The Morgan fingerprint density at radius 1 is 1.17 bits per heavy atom. The number of benzene rings is 1. The average molecular weight is 325 g/mol. The fourth-order valence-corrected chi connectivity index (χ4v) is 3.06. The van der Waals surface area contributed by atoms with Gasteiger partial charge in [0, 0.05) is 12.7 Å². The number of amides is 1. The van der Waals surface area contributed by atoms with Gasteiger partial charge in [0.15, 0.2) is 18.2 Å². The second-order valence-corrected chi connectivity index (χ2v) is 5.79. The van der Waals surface area contributed by atoms with Gasteiger partial charge in [-0.15, -0.1) is 0 Å². The second-order valence-electron chi connectivity index (χ2n) is 5.79. The predicted octanol–water partition coefficient (Wildman–Crippen LogP) is 2.89. The maximum atomic E-state index is 12.7. The first-order chi connectivity index (χ1) is 11.7. The van der Waals surface area contributed by atoms with E-state index in [1.54, 1.807) is 11.1 Å². The molecule has 0 spiro atoms. The standard InChI is InChI=1S/C19H23N3O2/c1-3-21(4-2)13-16(15-9-6-5-7-10-15)22-18(23)14-24-17-11-8-12-20-19(17)22/h5-12,16H,3-4,13-14H2,1-2H3. The van der Waals surface area contributed by atoms with Crippen LogP contribution in [0.2, 0.25) is 0 Å². The van der Waals surface area contributed by atoms with Gasteiger partial charge in [-0.2, -0.15) is 0 Å². The lowest BCUT2D eigenvalue weighted by molar-refractivity contribution is -0.122. The van der Waals surface area contributed by atoms with Crippen LogP contribution in [0.4, 0.5) is 5.82 Å². The van der Waals surface area contributed by atoms with Crippen molar-refractivity contribution in [1.29, 1.82) is 0 Å². The number of aromatic nitrogens is 1. The highest BCUT2D eigenvalue weighted by atomic mass is 16.5. The molecule has 1 unspecified atom stereocenters. The highest BCUT2D eigenvalue weighted by Gasteiger charge is 2.34. The highest BCUT2D eigenvalue weighted by molar-refractivity contribution is 5.97. The van der Waals surface area contributed by atoms with Crippen LogP contribution in [-0.4, -0.2) is 42.0 Å². The van der Waals surface area contributed by atoms with Crippen molar-refractivity contribution in [3.05, 3.63) is 54.2 Å². The molecule has 1 amide bonds. The van der Waals surface area contributed by atoms with E-state index in [4.69, 9.17) is 4.74 Å². The Bertz CT molecular complexity index is 686. The number of hydrogen-bond acceptors (Lipinski definition) is 4. The second kappa shape index (κ2) is 7.45. The number of pyridine rings is 1. The molecule has 2 aromatic rings. The summed E-state index contributed by atoms with van der Waals surface area (Å²) < 4.78 is 5.54. The number of hydrogen-bond donors (Lipinski definition) is 0. The SMILES string of the molecule is CCN(CC)CC(c1ccccc1)N1C(=O)COc2cccnc21. The third-order valence-corrected chi connectivity index (χ3v) is 4.42. The quantitative estimate of drug-likeness (QED) is 0.819. The van der Waals surface area contributed by atoms with Crippen LogP contribution >= 0.6 is 0 Å². The van der Waals surface area contributed by atoms with Crippen LogP contribution in [0.25, 0.3) is 0 Å². The average Bonchev–Trinajstić information content (AvgIpc) is 2.64. The molecule has 1 aromatic heterocycles. The highest BCUT2D eigenvalue weighted by Crippen LogP contribution is 2.35. The summed E-state index contributed by atoms with van der Waals surface area (Å²) in [5.41, 5.74) is 1.11. The predicted molar refractivity (Wildman–Crippen MR) is 94.2 cm³/mol. The molecule has 0 saturated carbocycles. The van der Waals surface area contributed by atoms with Crippen LogP contribution in [0, 0.1) is 0 Å². The van der Waals surface area contributed by atoms with Crippen LogP contribution in [-0.2, 0) is 4.79 Å². The molecule has 1 aliphatic rings. The molecule has 1 aliphatic heterocycles. The van der Waals surface area contributed by atoms with Crippen molar-refractivity contribution in [1.82, 2.24) is 9.88 Å². The summed E-state index contributed by atoms with van der Waals surface area (Å²) >= 11 is 0. The first-order valence-electron chi connectivity index (χ1n) is 8.41. The van der Waals surface area contributed by atoms with E-state index in [0.29, 0.717) is 11.6 Å². The van der Waals surface area contributed by atoms with Crippen molar-refractivity contribution in [3.63, 3.8) is 0 Å². The van der Waals surface area contributed by atoms with Crippen molar-refractivity contribution >= 4 is 11.7 Å². The number of anilines is 1. The monoisotopic (exact) mass is 325 g/mol. The van der Waals surface area contributed by atoms with Crippen LogP contribution in [0.15, 0.2) is 48.7 Å².